The standard InChI is InChI=1S/C14H14ClNOS2/c1-14(2,3)16-12(17)11(19-13(16)18)8-9-6-4-5-7-10(9)15/h4-8H,1-3H3. The molecule has 0 radical (unpaired) electrons. The van der Waals surface area contributed by atoms with Crippen LogP contribution in [0.2, 0.25) is 5.02 Å². The van der Waals surface area contributed by atoms with Crippen LogP contribution in [0.4, 0.5) is 0 Å². The van der Waals surface area contributed by atoms with Crippen LogP contribution < -0.4 is 0 Å². The first-order valence-electron chi connectivity index (χ1n) is 5.83. The van der Waals surface area contributed by atoms with E-state index < -0.39 is 0 Å². The molecule has 1 amide bonds. The quantitative estimate of drug-likeness (QED) is 0.568. The molecule has 0 bridgehead atoms. The van der Waals surface area contributed by atoms with Crippen LogP contribution in [0.15, 0.2) is 29.2 Å². The Morgan fingerprint density at radius 3 is 2.47 bits per heavy atom. The number of halogens is 1. The van der Waals surface area contributed by atoms with E-state index in [9.17, 15) is 4.79 Å². The summed E-state index contributed by atoms with van der Waals surface area (Å²) >= 11 is 12.7. The number of thioether (sulfide) groups is 1. The Morgan fingerprint density at radius 2 is 1.95 bits per heavy atom. The lowest BCUT2D eigenvalue weighted by molar-refractivity contribution is -0.125. The van der Waals surface area contributed by atoms with Crippen LogP contribution in [-0.2, 0) is 4.79 Å². The molecule has 0 atom stereocenters. The van der Waals surface area contributed by atoms with Crippen molar-refractivity contribution in [2.75, 3.05) is 0 Å². The van der Waals surface area contributed by atoms with Crippen molar-refractivity contribution in [2.24, 2.45) is 0 Å². The van der Waals surface area contributed by atoms with Crippen LogP contribution >= 0.6 is 35.6 Å². The number of rotatable bonds is 1. The zero-order valence-electron chi connectivity index (χ0n) is 10.9. The molecule has 1 aromatic carbocycles. The second-order valence-corrected chi connectivity index (χ2v) is 7.29. The molecule has 1 aromatic rings. The second-order valence-electron chi connectivity index (χ2n) is 5.21. The normalized spacial score (nSPS) is 18.5. The van der Waals surface area contributed by atoms with Crippen molar-refractivity contribution in [1.82, 2.24) is 4.90 Å². The highest BCUT2D eigenvalue weighted by Gasteiger charge is 2.39. The first kappa shape index (κ1) is 14.6. The molecule has 0 N–H and O–H groups in total. The number of hydrogen-bond donors (Lipinski definition) is 0. The van der Waals surface area contributed by atoms with Crippen molar-refractivity contribution >= 4 is 51.9 Å². The summed E-state index contributed by atoms with van der Waals surface area (Å²) in [6.45, 7) is 5.91. The maximum absolute atomic E-state index is 12.4. The molecule has 1 aliphatic heterocycles. The minimum Gasteiger partial charge on any atom is -0.288 e. The number of thiocarbonyl (C=S) groups is 1. The highest BCUT2D eigenvalue weighted by atomic mass is 35.5. The summed E-state index contributed by atoms with van der Waals surface area (Å²) in [6, 6.07) is 7.44. The summed E-state index contributed by atoms with van der Waals surface area (Å²) in [7, 11) is 0. The largest absolute Gasteiger partial charge is 0.288 e. The molecule has 0 aromatic heterocycles. The van der Waals surface area contributed by atoms with Crippen LogP contribution in [0, 0.1) is 0 Å². The molecular formula is C14H14ClNOS2. The van der Waals surface area contributed by atoms with E-state index in [1.54, 1.807) is 17.0 Å². The van der Waals surface area contributed by atoms with Gasteiger partial charge in [-0.05, 0) is 38.5 Å². The third-order valence-corrected chi connectivity index (χ3v) is 4.30. The first-order chi connectivity index (χ1) is 8.80. The van der Waals surface area contributed by atoms with Crippen molar-refractivity contribution in [3.63, 3.8) is 0 Å². The average molecular weight is 312 g/mol. The van der Waals surface area contributed by atoms with Crippen LogP contribution in [0.25, 0.3) is 6.08 Å². The average Bonchev–Trinajstić information content (AvgIpc) is 2.56. The van der Waals surface area contributed by atoms with Gasteiger partial charge in [-0.15, -0.1) is 0 Å². The van der Waals surface area contributed by atoms with E-state index >= 15 is 0 Å². The van der Waals surface area contributed by atoms with E-state index in [0.29, 0.717) is 14.2 Å². The van der Waals surface area contributed by atoms with Crippen LogP contribution in [-0.4, -0.2) is 20.7 Å². The fraction of sp³-hybridized carbons (Fsp3) is 0.286. The van der Waals surface area contributed by atoms with Gasteiger partial charge in [0.05, 0.1) is 4.91 Å². The predicted molar refractivity (Wildman–Crippen MR) is 86.2 cm³/mol. The molecule has 0 unspecified atom stereocenters. The molecule has 2 rings (SSSR count). The summed E-state index contributed by atoms with van der Waals surface area (Å²) in [6.07, 6.45) is 1.80. The van der Waals surface area contributed by atoms with Crippen LogP contribution in [0.3, 0.4) is 0 Å². The molecule has 1 heterocycles. The molecular weight excluding hydrogens is 298 g/mol. The van der Waals surface area contributed by atoms with Gasteiger partial charge in [-0.2, -0.15) is 0 Å². The highest BCUT2D eigenvalue weighted by molar-refractivity contribution is 8.26. The Labute approximate surface area is 127 Å². The lowest BCUT2D eigenvalue weighted by Crippen LogP contribution is -2.44. The molecule has 1 saturated heterocycles. The van der Waals surface area contributed by atoms with Gasteiger partial charge < -0.3 is 0 Å². The van der Waals surface area contributed by atoms with Crippen LogP contribution in [0.5, 0.6) is 0 Å². The second kappa shape index (κ2) is 5.27. The molecule has 5 heteroatoms. The van der Waals surface area contributed by atoms with Gasteiger partial charge in [0.1, 0.15) is 4.32 Å². The van der Waals surface area contributed by atoms with E-state index in [1.807, 2.05) is 39.0 Å². The number of nitrogens with zero attached hydrogens (tertiary/aromatic N) is 1. The van der Waals surface area contributed by atoms with Gasteiger partial charge in [0.15, 0.2) is 0 Å². The Kier molecular flexibility index (Phi) is 4.04. The van der Waals surface area contributed by atoms with Gasteiger partial charge in [-0.1, -0.05) is 53.8 Å². The number of carbonyl (C=O) groups is 1. The zero-order valence-corrected chi connectivity index (χ0v) is 13.3. The smallest absolute Gasteiger partial charge is 0.266 e. The van der Waals surface area contributed by atoms with Crippen molar-refractivity contribution < 1.29 is 4.79 Å². The Morgan fingerprint density at radius 1 is 1.32 bits per heavy atom. The number of benzene rings is 1. The monoisotopic (exact) mass is 311 g/mol. The summed E-state index contributed by atoms with van der Waals surface area (Å²) in [5, 5.41) is 0.628. The minimum absolute atomic E-state index is 0.0533. The maximum Gasteiger partial charge on any atom is 0.266 e. The van der Waals surface area contributed by atoms with Gasteiger partial charge >= 0.3 is 0 Å². The number of amides is 1. The fourth-order valence-electron chi connectivity index (χ4n) is 1.78. The summed E-state index contributed by atoms with van der Waals surface area (Å²) in [5.41, 5.74) is 0.524. The van der Waals surface area contributed by atoms with E-state index in [1.165, 1.54) is 11.8 Å². The van der Waals surface area contributed by atoms with Crippen LogP contribution in [0.1, 0.15) is 26.3 Å². The van der Waals surface area contributed by atoms with E-state index in [2.05, 4.69) is 0 Å². The highest BCUT2D eigenvalue weighted by Crippen LogP contribution is 2.37. The SMILES string of the molecule is CC(C)(C)N1C(=O)C(=Cc2ccccc2Cl)SC1=S. The van der Waals surface area contributed by atoms with Crippen molar-refractivity contribution in [1.29, 1.82) is 0 Å². The maximum atomic E-state index is 12.4. The summed E-state index contributed by atoms with van der Waals surface area (Å²) < 4.78 is 0.593. The molecule has 0 saturated carbocycles. The molecule has 1 aliphatic rings. The van der Waals surface area contributed by atoms with Crippen molar-refractivity contribution in [2.45, 2.75) is 26.3 Å². The summed E-state index contributed by atoms with van der Waals surface area (Å²) in [5.74, 6) is -0.0533. The van der Waals surface area contributed by atoms with Gasteiger partial charge in [0.25, 0.3) is 5.91 Å². The van der Waals surface area contributed by atoms with Gasteiger partial charge in [-0.3, -0.25) is 9.69 Å². The lowest BCUT2D eigenvalue weighted by atomic mass is 10.1. The number of hydrogen-bond acceptors (Lipinski definition) is 3. The molecule has 19 heavy (non-hydrogen) atoms. The first-order valence-corrected chi connectivity index (χ1v) is 7.43. The van der Waals surface area contributed by atoms with Gasteiger partial charge in [0.2, 0.25) is 0 Å². The zero-order chi connectivity index (χ0) is 14.2. The van der Waals surface area contributed by atoms with E-state index in [-0.39, 0.29) is 11.4 Å². The molecule has 0 aliphatic carbocycles. The Balaban J connectivity index is 2.37. The molecule has 2 nitrogen and oxygen atoms in total. The molecule has 0 spiro atoms. The Bertz CT molecular complexity index is 575. The minimum atomic E-state index is -0.308. The fourth-order valence-corrected chi connectivity index (χ4v) is 3.60. The van der Waals surface area contributed by atoms with Gasteiger partial charge in [0, 0.05) is 10.6 Å². The third-order valence-electron chi connectivity index (χ3n) is 2.66. The van der Waals surface area contributed by atoms with Crippen molar-refractivity contribution in [3.05, 3.63) is 39.8 Å². The number of carbonyl (C=O) groups excluding carboxylic acids is 1. The molecule has 1 fully saturated rings. The topological polar surface area (TPSA) is 20.3 Å². The van der Waals surface area contributed by atoms with E-state index in [0.717, 1.165) is 5.56 Å². The van der Waals surface area contributed by atoms with E-state index in [4.69, 9.17) is 23.8 Å². The Hall–Kier alpha value is -0.840. The lowest BCUT2D eigenvalue weighted by Gasteiger charge is -2.30. The summed E-state index contributed by atoms with van der Waals surface area (Å²) in [4.78, 5) is 14.7. The molecule has 100 valence electrons. The van der Waals surface area contributed by atoms with Crippen molar-refractivity contribution in [3.8, 4) is 0 Å². The predicted octanol–water partition coefficient (Wildman–Crippen LogP) is 4.34. The van der Waals surface area contributed by atoms with Gasteiger partial charge in [-0.25, -0.2) is 0 Å². The third kappa shape index (κ3) is 3.02.